The van der Waals surface area contributed by atoms with Gasteiger partial charge >= 0.3 is 6.03 Å². The van der Waals surface area contributed by atoms with E-state index >= 15 is 0 Å². The van der Waals surface area contributed by atoms with Gasteiger partial charge in [-0.3, -0.25) is 4.79 Å². The molecule has 3 amide bonds. The smallest absolute Gasteiger partial charge is 0.323 e. The van der Waals surface area contributed by atoms with Crippen LogP contribution >= 0.6 is 11.8 Å². The number of amides is 3. The van der Waals surface area contributed by atoms with Crippen LogP contribution in [-0.2, 0) is 4.79 Å². The highest BCUT2D eigenvalue weighted by Gasteiger charge is 2.14. The highest BCUT2D eigenvalue weighted by Crippen LogP contribution is 2.26. The Morgan fingerprint density at radius 3 is 1.86 bits per heavy atom. The van der Waals surface area contributed by atoms with Crippen molar-refractivity contribution in [2.45, 2.75) is 24.0 Å². The minimum Gasteiger partial charge on any atom is -0.325 e. The molecule has 3 N–H and O–H groups in total. The molecule has 148 valence electrons. The zero-order valence-electron chi connectivity index (χ0n) is 16.3. The van der Waals surface area contributed by atoms with E-state index in [0.29, 0.717) is 5.69 Å². The van der Waals surface area contributed by atoms with Crippen molar-refractivity contribution < 1.29 is 9.59 Å². The Balaban J connectivity index is 1.50. The van der Waals surface area contributed by atoms with E-state index in [1.165, 1.54) is 11.8 Å². The van der Waals surface area contributed by atoms with Crippen LogP contribution < -0.4 is 16.0 Å². The number of urea groups is 1. The number of carbonyl (C=O) groups excluding carboxylic acids is 2. The molecule has 0 saturated heterocycles. The summed E-state index contributed by atoms with van der Waals surface area (Å²) in [7, 11) is 0. The molecule has 0 spiro atoms. The predicted octanol–water partition coefficient (Wildman–Crippen LogP) is 5.76. The normalized spacial score (nSPS) is 11.4. The van der Waals surface area contributed by atoms with Crippen molar-refractivity contribution in [1.82, 2.24) is 0 Å². The fourth-order valence-electron chi connectivity index (χ4n) is 2.57. The van der Waals surface area contributed by atoms with Crippen LogP contribution in [0.15, 0.2) is 83.8 Å². The van der Waals surface area contributed by atoms with Gasteiger partial charge in [-0.05, 0) is 62.4 Å². The molecule has 0 aliphatic heterocycles. The summed E-state index contributed by atoms with van der Waals surface area (Å²) >= 11 is 1.46. The van der Waals surface area contributed by atoms with E-state index in [1.807, 2.05) is 92.7 Å². The second-order valence-electron chi connectivity index (χ2n) is 6.58. The van der Waals surface area contributed by atoms with Crippen molar-refractivity contribution in [3.8, 4) is 0 Å². The second kappa shape index (κ2) is 9.80. The molecule has 3 aromatic carbocycles. The van der Waals surface area contributed by atoms with Crippen LogP contribution in [0, 0.1) is 6.92 Å². The van der Waals surface area contributed by atoms with Gasteiger partial charge in [0.15, 0.2) is 0 Å². The largest absolute Gasteiger partial charge is 0.325 e. The number of rotatable bonds is 6. The molecule has 0 bridgehead atoms. The Labute approximate surface area is 174 Å². The summed E-state index contributed by atoms with van der Waals surface area (Å²) < 4.78 is 0. The third-order valence-corrected chi connectivity index (χ3v) is 5.26. The minimum absolute atomic E-state index is 0.0525. The summed E-state index contributed by atoms with van der Waals surface area (Å²) in [6.45, 7) is 3.88. The number of nitrogens with one attached hydrogen (secondary N) is 3. The fourth-order valence-corrected chi connectivity index (χ4v) is 3.44. The molecule has 0 aliphatic rings. The lowest BCUT2D eigenvalue weighted by Crippen LogP contribution is -2.22. The van der Waals surface area contributed by atoms with E-state index in [1.54, 1.807) is 0 Å². The molecular weight excluding hydrogens is 382 g/mol. The van der Waals surface area contributed by atoms with Gasteiger partial charge in [-0.25, -0.2) is 4.79 Å². The molecule has 5 nitrogen and oxygen atoms in total. The average Bonchev–Trinajstić information content (AvgIpc) is 2.72. The topological polar surface area (TPSA) is 70.2 Å². The van der Waals surface area contributed by atoms with E-state index in [2.05, 4.69) is 16.0 Å². The van der Waals surface area contributed by atoms with Crippen LogP contribution in [0.3, 0.4) is 0 Å². The summed E-state index contributed by atoms with van der Waals surface area (Å²) in [5.41, 5.74) is 3.35. The number of hydrogen-bond acceptors (Lipinski definition) is 3. The molecule has 0 aliphatic carbocycles. The average molecular weight is 406 g/mol. The maximum absolute atomic E-state index is 12.4. The summed E-state index contributed by atoms with van der Waals surface area (Å²) in [4.78, 5) is 25.4. The van der Waals surface area contributed by atoms with Gasteiger partial charge < -0.3 is 16.0 Å². The first-order valence-electron chi connectivity index (χ1n) is 9.27. The zero-order valence-corrected chi connectivity index (χ0v) is 17.1. The summed E-state index contributed by atoms with van der Waals surface area (Å²) in [5.74, 6) is -0.0525. The van der Waals surface area contributed by atoms with E-state index in [4.69, 9.17) is 0 Å². The molecular formula is C23H23N3O2S. The van der Waals surface area contributed by atoms with Gasteiger partial charge in [-0.15, -0.1) is 11.8 Å². The Morgan fingerprint density at radius 2 is 1.24 bits per heavy atom. The third kappa shape index (κ3) is 6.40. The molecule has 3 aromatic rings. The number of para-hydroxylation sites is 1. The maximum Gasteiger partial charge on any atom is 0.323 e. The first kappa shape index (κ1) is 20.5. The Hall–Kier alpha value is -3.25. The third-order valence-electron chi connectivity index (χ3n) is 4.15. The molecule has 0 heterocycles. The SMILES string of the molecule is Cc1ccc(NC(=O)C(C)Sc2ccc(NC(=O)Nc3ccccc3)cc2)cc1. The molecule has 0 radical (unpaired) electrons. The summed E-state index contributed by atoms with van der Waals surface area (Å²) in [6, 6.07) is 24.1. The number of thioether (sulfide) groups is 1. The standard InChI is InChI=1S/C23H23N3O2S/c1-16-8-10-19(11-9-16)24-22(27)17(2)29-21-14-12-20(13-15-21)26-23(28)25-18-6-4-3-5-7-18/h3-15,17H,1-2H3,(H,24,27)(H2,25,26,28). The quantitative estimate of drug-likeness (QED) is 0.457. The molecule has 6 heteroatoms. The number of benzene rings is 3. The van der Waals surface area contributed by atoms with Gasteiger partial charge in [0.05, 0.1) is 5.25 Å². The van der Waals surface area contributed by atoms with Gasteiger partial charge in [0, 0.05) is 22.0 Å². The van der Waals surface area contributed by atoms with Crippen LogP contribution in [0.5, 0.6) is 0 Å². The monoisotopic (exact) mass is 405 g/mol. The summed E-state index contributed by atoms with van der Waals surface area (Å²) in [6.07, 6.45) is 0. The number of aryl methyl sites for hydroxylation is 1. The van der Waals surface area contributed by atoms with Crippen LogP contribution in [0.4, 0.5) is 21.9 Å². The number of hydrogen-bond donors (Lipinski definition) is 3. The predicted molar refractivity (Wildman–Crippen MR) is 121 cm³/mol. The van der Waals surface area contributed by atoms with Crippen LogP contribution in [0.1, 0.15) is 12.5 Å². The van der Waals surface area contributed by atoms with Gasteiger partial charge in [0.25, 0.3) is 0 Å². The second-order valence-corrected chi connectivity index (χ2v) is 8.00. The highest BCUT2D eigenvalue weighted by atomic mass is 32.2. The minimum atomic E-state index is -0.303. The lowest BCUT2D eigenvalue weighted by Gasteiger charge is -2.13. The van der Waals surface area contributed by atoms with Gasteiger partial charge in [-0.1, -0.05) is 35.9 Å². The molecule has 29 heavy (non-hydrogen) atoms. The zero-order chi connectivity index (χ0) is 20.6. The van der Waals surface area contributed by atoms with Crippen LogP contribution in [0.25, 0.3) is 0 Å². The van der Waals surface area contributed by atoms with Gasteiger partial charge in [0.1, 0.15) is 0 Å². The van der Waals surface area contributed by atoms with E-state index in [0.717, 1.165) is 21.8 Å². The lowest BCUT2D eigenvalue weighted by atomic mass is 10.2. The van der Waals surface area contributed by atoms with Crippen molar-refractivity contribution in [3.63, 3.8) is 0 Å². The number of carbonyl (C=O) groups is 2. The maximum atomic E-state index is 12.4. The van der Waals surface area contributed by atoms with Crippen molar-refractivity contribution in [2.24, 2.45) is 0 Å². The Morgan fingerprint density at radius 1 is 0.724 bits per heavy atom. The molecule has 0 aromatic heterocycles. The van der Waals surface area contributed by atoms with Crippen molar-refractivity contribution >= 4 is 40.8 Å². The van der Waals surface area contributed by atoms with Gasteiger partial charge in [0.2, 0.25) is 5.91 Å². The fraction of sp³-hybridized carbons (Fsp3) is 0.130. The molecule has 0 saturated carbocycles. The van der Waals surface area contributed by atoms with Gasteiger partial charge in [-0.2, -0.15) is 0 Å². The Bertz CT molecular complexity index is 958. The Kier molecular flexibility index (Phi) is 6.92. The van der Waals surface area contributed by atoms with E-state index in [-0.39, 0.29) is 17.2 Å². The van der Waals surface area contributed by atoms with Crippen molar-refractivity contribution in [1.29, 1.82) is 0 Å². The van der Waals surface area contributed by atoms with E-state index < -0.39 is 0 Å². The first-order chi connectivity index (χ1) is 14.0. The lowest BCUT2D eigenvalue weighted by molar-refractivity contribution is -0.115. The molecule has 3 rings (SSSR count). The van der Waals surface area contributed by atoms with Crippen LogP contribution in [0.2, 0.25) is 0 Å². The summed E-state index contributed by atoms with van der Waals surface area (Å²) in [5, 5.41) is 8.23. The first-order valence-corrected chi connectivity index (χ1v) is 10.1. The van der Waals surface area contributed by atoms with E-state index in [9.17, 15) is 9.59 Å². The highest BCUT2D eigenvalue weighted by molar-refractivity contribution is 8.00. The molecule has 0 fully saturated rings. The number of anilines is 3. The molecule has 1 unspecified atom stereocenters. The molecule has 1 atom stereocenters. The van der Waals surface area contributed by atoms with Crippen molar-refractivity contribution in [2.75, 3.05) is 16.0 Å². The van der Waals surface area contributed by atoms with Crippen LogP contribution in [-0.4, -0.2) is 17.2 Å². The van der Waals surface area contributed by atoms with Crippen molar-refractivity contribution in [3.05, 3.63) is 84.4 Å².